The Kier molecular flexibility index (Phi) is 5.07. The van der Waals surface area contributed by atoms with Gasteiger partial charge in [0.1, 0.15) is 5.82 Å². The molecule has 1 atom stereocenters. The molecule has 0 saturated heterocycles. The van der Waals surface area contributed by atoms with Gasteiger partial charge in [-0.05, 0) is 39.2 Å². The predicted molar refractivity (Wildman–Crippen MR) is 79.2 cm³/mol. The van der Waals surface area contributed by atoms with Crippen molar-refractivity contribution in [1.29, 1.82) is 0 Å². The smallest absolute Gasteiger partial charge is 0.137 e. The molecule has 0 aliphatic carbocycles. The van der Waals surface area contributed by atoms with Gasteiger partial charge in [0.25, 0.3) is 0 Å². The molecule has 1 unspecified atom stereocenters. The third-order valence-electron chi connectivity index (χ3n) is 2.98. The van der Waals surface area contributed by atoms with Crippen molar-refractivity contribution in [3.05, 3.63) is 69.9 Å². The molecule has 0 saturated carbocycles. The minimum atomic E-state index is -0.261. The van der Waals surface area contributed by atoms with Crippen LogP contribution in [0.4, 0.5) is 4.39 Å². The molecule has 0 bridgehead atoms. The van der Waals surface area contributed by atoms with Crippen LogP contribution in [0.5, 0.6) is 0 Å². The van der Waals surface area contributed by atoms with Crippen LogP contribution in [0, 0.1) is 5.82 Å². The Morgan fingerprint density at radius 2 is 1.89 bits per heavy atom. The maximum Gasteiger partial charge on any atom is 0.137 e. The first kappa shape index (κ1) is 14.2. The van der Waals surface area contributed by atoms with Crippen molar-refractivity contribution >= 4 is 15.9 Å². The molecule has 0 heterocycles. The van der Waals surface area contributed by atoms with Crippen molar-refractivity contribution in [2.24, 2.45) is 5.73 Å². The number of hydrogen-bond donors (Lipinski definition) is 2. The first-order chi connectivity index (χ1) is 9.20. The Hall–Kier alpha value is -1.23. The molecule has 100 valence electrons. The number of halogens is 2. The molecule has 3 N–H and O–H groups in total. The standard InChI is InChI=1S/C15H16BrFN2/c16-13-8-12(6-7-14(13)17)15(9-18)19-10-11-4-2-1-3-5-11/h1-8,15,19H,9-10,18H2. The van der Waals surface area contributed by atoms with E-state index in [1.165, 1.54) is 11.6 Å². The van der Waals surface area contributed by atoms with Gasteiger partial charge in [-0.25, -0.2) is 4.39 Å². The van der Waals surface area contributed by atoms with Crippen molar-refractivity contribution in [2.45, 2.75) is 12.6 Å². The van der Waals surface area contributed by atoms with Gasteiger partial charge in [0.15, 0.2) is 0 Å². The molecule has 0 aliphatic rings. The number of benzene rings is 2. The highest BCUT2D eigenvalue weighted by Crippen LogP contribution is 2.21. The molecule has 0 amide bonds. The second-order valence-corrected chi connectivity index (χ2v) is 5.18. The lowest BCUT2D eigenvalue weighted by Crippen LogP contribution is -2.27. The SMILES string of the molecule is NCC(NCc1ccccc1)c1ccc(F)c(Br)c1. The molecule has 0 spiro atoms. The van der Waals surface area contributed by atoms with Gasteiger partial charge in [0.2, 0.25) is 0 Å². The summed E-state index contributed by atoms with van der Waals surface area (Å²) >= 11 is 3.20. The molecule has 4 heteroatoms. The monoisotopic (exact) mass is 322 g/mol. The fourth-order valence-corrected chi connectivity index (χ4v) is 2.30. The number of rotatable bonds is 5. The van der Waals surface area contributed by atoms with E-state index in [4.69, 9.17) is 5.73 Å². The Labute approximate surface area is 121 Å². The average Bonchev–Trinajstić information content (AvgIpc) is 2.44. The second kappa shape index (κ2) is 6.80. The largest absolute Gasteiger partial charge is 0.329 e. The van der Waals surface area contributed by atoms with Crippen molar-refractivity contribution < 1.29 is 4.39 Å². The van der Waals surface area contributed by atoms with Crippen LogP contribution in [0.3, 0.4) is 0 Å². The van der Waals surface area contributed by atoms with Gasteiger partial charge < -0.3 is 11.1 Å². The molecule has 2 aromatic rings. The molecule has 0 fully saturated rings. The summed E-state index contributed by atoms with van der Waals surface area (Å²) in [6, 6.07) is 15.1. The van der Waals surface area contributed by atoms with Gasteiger partial charge >= 0.3 is 0 Å². The van der Waals surface area contributed by atoms with Crippen LogP contribution >= 0.6 is 15.9 Å². The van der Waals surface area contributed by atoms with Crippen LogP contribution < -0.4 is 11.1 Å². The van der Waals surface area contributed by atoms with Gasteiger partial charge in [-0.2, -0.15) is 0 Å². The third kappa shape index (κ3) is 3.86. The molecule has 0 aliphatic heterocycles. The van der Waals surface area contributed by atoms with E-state index in [1.54, 1.807) is 12.1 Å². The summed E-state index contributed by atoms with van der Waals surface area (Å²) in [5.74, 6) is -0.261. The van der Waals surface area contributed by atoms with E-state index < -0.39 is 0 Å². The Morgan fingerprint density at radius 1 is 1.16 bits per heavy atom. The summed E-state index contributed by atoms with van der Waals surface area (Å²) in [4.78, 5) is 0. The van der Waals surface area contributed by atoms with Crippen LogP contribution in [0.15, 0.2) is 53.0 Å². The Bertz CT molecular complexity index is 531. The molecule has 2 nitrogen and oxygen atoms in total. The summed E-state index contributed by atoms with van der Waals surface area (Å²) in [6.07, 6.45) is 0. The fourth-order valence-electron chi connectivity index (χ4n) is 1.90. The van der Waals surface area contributed by atoms with Gasteiger partial charge in [-0.15, -0.1) is 0 Å². The second-order valence-electron chi connectivity index (χ2n) is 4.33. The summed E-state index contributed by atoms with van der Waals surface area (Å²) in [5.41, 5.74) is 7.96. The number of nitrogens with one attached hydrogen (secondary N) is 1. The van der Waals surface area contributed by atoms with E-state index in [-0.39, 0.29) is 11.9 Å². The average molecular weight is 323 g/mol. The summed E-state index contributed by atoms with van der Waals surface area (Å²) in [7, 11) is 0. The fraction of sp³-hybridized carbons (Fsp3) is 0.200. The first-order valence-electron chi connectivity index (χ1n) is 6.13. The first-order valence-corrected chi connectivity index (χ1v) is 6.92. The quantitative estimate of drug-likeness (QED) is 0.885. The summed E-state index contributed by atoms with van der Waals surface area (Å²) in [5, 5.41) is 3.38. The van der Waals surface area contributed by atoms with E-state index in [0.29, 0.717) is 11.0 Å². The Morgan fingerprint density at radius 3 is 2.53 bits per heavy atom. The van der Waals surface area contributed by atoms with Crippen molar-refractivity contribution in [3.63, 3.8) is 0 Å². The number of hydrogen-bond acceptors (Lipinski definition) is 2. The van der Waals surface area contributed by atoms with Gasteiger partial charge in [0.05, 0.1) is 4.47 Å². The lowest BCUT2D eigenvalue weighted by atomic mass is 10.1. The van der Waals surface area contributed by atoms with Crippen molar-refractivity contribution in [1.82, 2.24) is 5.32 Å². The van der Waals surface area contributed by atoms with Crippen LogP contribution in [-0.4, -0.2) is 6.54 Å². The highest BCUT2D eigenvalue weighted by atomic mass is 79.9. The topological polar surface area (TPSA) is 38.0 Å². The Balaban J connectivity index is 2.05. The maximum atomic E-state index is 13.2. The van der Waals surface area contributed by atoms with Crippen LogP contribution in [0.25, 0.3) is 0 Å². The lowest BCUT2D eigenvalue weighted by Gasteiger charge is -2.18. The summed E-state index contributed by atoms with van der Waals surface area (Å²) in [6.45, 7) is 1.20. The van der Waals surface area contributed by atoms with E-state index in [9.17, 15) is 4.39 Å². The maximum absolute atomic E-state index is 13.2. The highest BCUT2D eigenvalue weighted by molar-refractivity contribution is 9.10. The summed E-state index contributed by atoms with van der Waals surface area (Å²) < 4.78 is 13.7. The normalized spacial score (nSPS) is 12.4. The number of nitrogens with two attached hydrogens (primary N) is 1. The van der Waals surface area contributed by atoms with E-state index in [0.717, 1.165) is 12.1 Å². The van der Waals surface area contributed by atoms with Gasteiger partial charge in [-0.1, -0.05) is 36.4 Å². The van der Waals surface area contributed by atoms with Gasteiger partial charge in [-0.3, -0.25) is 0 Å². The molecular weight excluding hydrogens is 307 g/mol. The van der Waals surface area contributed by atoms with E-state index >= 15 is 0 Å². The highest BCUT2D eigenvalue weighted by Gasteiger charge is 2.10. The predicted octanol–water partition coefficient (Wildman–Crippen LogP) is 3.38. The van der Waals surface area contributed by atoms with Crippen molar-refractivity contribution in [3.8, 4) is 0 Å². The van der Waals surface area contributed by atoms with Crippen LogP contribution in [0.2, 0.25) is 0 Å². The van der Waals surface area contributed by atoms with Crippen LogP contribution in [0.1, 0.15) is 17.2 Å². The third-order valence-corrected chi connectivity index (χ3v) is 3.58. The molecule has 19 heavy (non-hydrogen) atoms. The minimum Gasteiger partial charge on any atom is -0.329 e. The van der Waals surface area contributed by atoms with Crippen LogP contribution in [-0.2, 0) is 6.54 Å². The molecule has 0 aromatic heterocycles. The molecule has 2 aromatic carbocycles. The molecule has 2 rings (SSSR count). The van der Waals surface area contributed by atoms with Crippen molar-refractivity contribution in [2.75, 3.05) is 6.54 Å². The van der Waals surface area contributed by atoms with Gasteiger partial charge in [0, 0.05) is 19.1 Å². The lowest BCUT2D eigenvalue weighted by molar-refractivity contribution is 0.539. The molecule has 0 radical (unpaired) electrons. The zero-order valence-electron chi connectivity index (χ0n) is 10.4. The zero-order valence-corrected chi connectivity index (χ0v) is 12.0. The minimum absolute atomic E-state index is 0.0112. The van der Waals surface area contributed by atoms with E-state index in [2.05, 4.69) is 33.4 Å². The molecular formula is C15H16BrFN2. The zero-order chi connectivity index (χ0) is 13.7. The van der Waals surface area contributed by atoms with E-state index in [1.807, 2.05) is 18.2 Å².